The molecule has 3 nitrogen and oxygen atoms in total. The summed E-state index contributed by atoms with van der Waals surface area (Å²) in [6, 6.07) is 0.735. The molecular weight excluding hydrogens is 242 g/mol. The Labute approximate surface area is 115 Å². The van der Waals surface area contributed by atoms with E-state index in [0.29, 0.717) is 12.0 Å². The number of hydrogen-bond acceptors (Lipinski definition) is 3. The number of thioether (sulfide) groups is 1. The highest BCUT2D eigenvalue weighted by Crippen LogP contribution is 2.37. The number of nitrogens with zero attached hydrogens (tertiary/aromatic N) is 2. The lowest BCUT2D eigenvalue weighted by atomic mass is 10.0. The summed E-state index contributed by atoms with van der Waals surface area (Å²) in [6.45, 7) is 4.44. The van der Waals surface area contributed by atoms with Crippen molar-refractivity contribution in [1.82, 2.24) is 9.55 Å². The standard InChI is InChI=1S/C14H25N3S/c1-10(2)6-13(15)14-8-16-9-17(14)11-4-5-12(7-11)18-3/h8-13H,4-7,15H2,1-3H3. The quantitative estimate of drug-likeness (QED) is 0.889. The maximum Gasteiger partial charge on any atom is 0.0951 e. The number of aromatic nitrogens is 2. The largest absolute Gasteiger partial charge is 0.330 e. The Bertz CT molecular complexity index is 375. The Morgan fingerprint density at radius 3 is 2.89 bits per heavy atom. The molecule has 1 aliphatic rings. The molecule has 0 amide bonds. The van der Waals surface area contributed by atoms with Gasteiger partial charge in [0.15, 0.2) is 0 Å². The number of imidazole rings is 1. The molecule has 0 bridgehead atoms. The van der Waals surface area contributed by atoms with Crippen LogP contribution in [0.5, 0.6) is 0 Å². The van der Waals surface area contributed by atoms with Gasteiger partial charge >= 0.3 is 0 Å². The lowest BCUT2D eigenvalue weighted by Gasteiger charge is -2.20. The van der Waals surface area contributed by atoms with Crippen molar-refractivity contribution >= 4 is 11.8 Å². The van der Waals surface area contributed by atoms with Crippen molar-refractivity contribution in [3.63, 3.8) is 0 Å². The van der Waals surface area contributed by atoms with Crippen LogP contribution in [-0.4, -0.2) is 21.1 Å². The lowest BCUT2D eigenvalue weighted by molar-refractivity contribution is 0.446. The van der Waals surface area contributed by atoms with Crippen molar-refractivity contribution in [2.24, 2.45) is 11.7 Å². The van der Waals surface area contributed by atoms with E-state index in [-0.39, 0.29) is 6.04 Å². The van der Waals surface area contributed by atoms with Gasteiger partial charge in [0.2, 0.25) is 0 Å². The van der Waals surface area contributed by atoms with Crippen molar-refractivity contribution in [3.8, 4) is 0 Å². The van der Waals surface area contributed by atoms with Crippen LogP contribution in [0.25, 0.3) is 0 Å². The minimum absolute atomic E-state index is 0.126. The van der Waals surface area contributed by atoms with Crippen molar-refractivity contribution in [3.05, 3.63) is 18.2 Å². The van der Waals surface area contributed by atoms with Crippen LogP contribution < -0.4 is 5.73 Å². The van der Waals surface area contributed by atoms with E-state index in [2.05, 4.69) is 29.7 Å². The summed E-state index contributed by atoms with van der Waals surface area (Å²) in [5, 5.41) is 0.812. The molecular formula is C14H25N3S. The van der Waals surface area contributed by atoms with Gasteiger partial charge in [-0.05, 0) is 37.9 Å². The minimum Gasteiger partial charge on any atom is -0.330 e. The lowest BCUT2D eigenvalue weighted by Crippen LogP contribution is -2.19. The molecule has 3 atom stereocenters. The van der Waals surface area contributed by atoms with Crippen LogP contribution >= 0.6 is 11.8 Å². The molecule has 1 aliphatic carbocycles. The van der Waals surface area contributed by atoms with Crippen LogP contribution in [0.15, 0.2) is 12.5 Å². The molecule has 0 saturated heterocycles. The highest BCUT2D eigenvalue weighted by Gasteiger charge is 2.27. The van der Waals surface area contributed by atoms with Gasteiger partial charge in [0, 0.05) is 23.5 Å². The molecule has 3 unspecified atom stereocenters. The predicted octanol–water partition coefficient (Wildman–Crippen LogP) is 3.39. The fourth-order valence-corrected chi connectivity index (χ4v) is 3.71. The van der Waals surface area contributed by atoms with E-state index in [1.165, 1.54) is 25.0 Å². The molecule has 2 N–H and O–H groups in total. The normalized spacial score (nSPS) is 25.8. The van der Waals surface area contributed by atoms with Gasteiger partial charge in [0.1, 0.15) is 0 Å². The molecule has 0 aliphatic heterocycles. The Morgan fingerprint density at radius 1 is 1.50 bits per heavy atom. The first-order valence-corrected chi connectivity index (χ1v) is 8.20. The molecule has 102 valence electrons. The predicted molar refractivity (Wildman–Crippen MR) is 78.8 cm³/mol. The van der Waals surface area contributed by atoms with Crippen LogP contribution in [-0.2, 0) is 0 Å². The average Bonchev–Trinajstić information content (AvgIpc) is 2.96. The zero-order chi connectivity index (χ0) is 13.1. The van der Waals surface area contributed by atoms with Crippen LogP contribution in [0, 0.1) is 5.92 Å². The molecule has 1 aromatic heterocycles. The summed E-state index contributed by atoms with van der Waals surface area (Å²) in [6.07, 6.45) is 11.0. The molecule has 0 spiro atoms. The van der Waals surface area contributed by atoms with Gasteiger partial charge in [0.25, 0.3) is 0 Å². The third-order valence-electron chi connectivity index (χ3n) is 3.88. The van der Waals surface area contributed by atoms with Crippen molar-refractivity contribution < 1.29 is 0 Å². The van der Waals surface area contributed by atoms with E-state index < -0.39 is 0 Å². The molecule has 4 heteroatoms. The first kappa shape index (κ1) is 13.9. The second kappa shape index (κ2) is 6.11. The van der Waals surface area contributed by atoms with E-state index in [4.69, 9.17) is 5.73 Å². The van der Waals surface area contributed by atoms with Crippen LogP contribution in [0.4, 0.5) is 0 Å². The SMILES string of the molecule is CSC1CCC(n2cncc2C(N)CC(C)C)C1. The second-order valence-corrected chi connectivity index (χ2v) is 6.92. The van der Waals surface area contributed by atoms with Gasteiger partial charge in [-0.25, -0.2) is 4.98 Å². The van der Waals surface area contributed by atoms with Crippen molar-refractivity contribution in [2.75, 3.05) is 6.26 Å². The summed E-state index contributed by atoms with van der Waals surface area (Å²) < 4.78 is 2.34. The van der Waals surface area contributed by atoms with Gasteiger partial charge < -0.3 is 10.3 Å². The fraction of sp³-hybridized carbons (Fsp3) is 0.786. The molecule has 1 saturated carbocycles. The van der Waals surface area contributed by atoms with E-state index in [1.54, 1.807) is 0 Å². The molecule has 1 aromatic rings. The Hall–Kier alpha value is -0.480. The summed E-state index contributed by atoms with van der Waals surface area (Å²) in [5.74, 6) is 0.630. The summed E-state index contributed by atoms with van der Waals surface area (Å²) in [5.41, 5.74) is 7.53. The van der Waals surface area contributed by atoms with Gasteiger partial charge in [-0.3, -0.25) is 0 Å². The third-order valence-corrected chi connectivity index (χ3v) is 4.98. The second-order valence-electron chi connectivity index (χ2n) is 5.79. The highest BCUT2D eigenvalue weighted by atomic mass is 32.2. The monoisotopic (exact) mass is 267 g/mol. The zero-order valence-electron chi connectivity index (χ0n) is 11.7. The van der Waals surface area contributed by atoms with Crippen molar-refractivity contribution in [1.29, 1.82) is 0 Å². The smallest absolute Gasteiger partial charge is 0.0951 e. The minimum atomic E-state index is 0.126. The van der Waals surface area contributed by atoms with Crippen LogP contribution in [0.2, 0.25) is 0 Å². The maximum absolute atomic E-state index is 6.31. The van der Waals surface area contributed by atoms with Gasteiger partial charge in [-0.2, -0.15) is 11.8 Å². The molecule has 0 aromatic carbocycles. The first-order chi connectivity index (χ1) is 8.61. The number of hydrogen-bond donors (Lipinski definition) is 1. The van der Waals surface area contributed by atoms with E-state index in [9.17, 15) is 0 Å². The number of rotatable bonds is 5. The molecule has 18 heavy (non-hydrogen) atoms. The fourth-order valence-electron chi connectivity index (χ4n) is 2.92. The number of nitrogens with two attached hydrogens (primary N) is 1. The molecule has 2 rings (SSSR count). The molecule has 0 radical (unpaired) electrons. The molecule has 1 fully saturated rings. The van der Waals surface area contributed by atoms with Crippen molar-refractivity contribution in [2.45, 2.75) is 56.9 Å². The van der Waals surface area contributed by atoms with Gasteiger partial charge in [-0.15, -0.1) is 0 Å². The Kier molecular flexibility index (Phi) is 4.73. The van der Waals surface area contributed by atoms with Crippen LogP contribution in [0.3, 0.4) is 0 Å². The Balaban J connectivity index is 2.08. The third kappa shape index (κ3) is 3.09. The topological polar surface area (TPSA) is 43.8 Å². The van der Waals surface area contributed by atoms with Gasteiger partial charge in [0.05, 0.1) is 12.0 Å². The van der Waals surface area contributed by atoms with Gasteiger partial charge in [-0.1, -0.05) is 13.8 Å². The molecule has 1 heterocycles. The summed E-state index contributed by atoms with van der Waals surface area (Å²) in [4.78, 5) is 4.32. The van der Waals surface area contributed by atoms with E-state index >= 15 is 0 Å². The maximum atomic E-state index is 6.31. The van der Waals surface area contributed by atoms with Crippen LogP contribution in [0.1, 0.15) is 57.3 Å². The average molecular weight is 267 g/mol. The summed E-state index contributed by atoms with van der Waals surface area (Å²) in [7, 11) is 0. The Morgan fingerprint density at radius 2 is 2.28 bits per heavy atom. The highest BCUT2D eigenvalue weighted by molar-refractivity contribution is 7.99. The first-order valence-electron chi connectivity index (χ1n) is 6.92. The zero-order valence-corrected chi connectivity index (χ0v) is 12.5. The van der Waals surface area contributed by atoms with E-state index in [1.807, 2.05) is 24.3 Å². The summed E-state index contributed by atoms with van der Waals surface area (Å²) >= 11 is 1.99. The van der Waals surface area contributed by atoms with E-state index in [0.717, 1.165) is 11.7 Å².